The highest BCUT2D eigenvalue weighted by atomic mass is 32.1. The van der Waals surface area contributed by atoms with Crippen LogP contribution in [0, 0.1) is 0 Å². The number of aryl methyl sites for hydroxylation is 7. The van der Waals surface area contributed by atoms with Gasteiger partial charge < -0.3 is 61.4 Å². The average Bonchev–Trinajstić information content (AvgIpc) is 1.66. The number of benzene rings is 2. The number of amides is 6. The first-order valence-corrected chi connectivity index (χ1v) is 55.0. The van der Waals surface area contributed by atoms with Crippen molar-refractivity contribution < 1.29 is 87.1 Å². The van der Waals surface area contributed by atoms with Gasteiger partial charge in [0.2, 0.25) is 23.6 Å². The van der Waals surface area contributed by atoms with Crippen molar-refractivity contribution in [1.29, 1.82) is 0 Å². The van der Waals surface area contributed by atoms with Gasteiger partial charge in [0.1, 0.15) is 30.0 Å². The normalized spacial score (nSPS) is 13.5. The largest absolute Gasteiger partial charge is 0.478 e. The van der Waals surface area contributed by atoms with Gasteiger partial charge in [0, 0.05) is 50.1 Å². The second-order valence-electron chi connectivity index (χ2n) is 33.6. The summed E-state index contributed by atoms with van der Waals surface area (Å²) in [5.74, 6) is -4.35. The van der Waals surface area contributed by atoms with Crippen LogP contribution in [-0.4, -0.2) is 106 Å². The number of thiophene rings is 10. The molecule has 0 fully saturated rings. The molecule has 6 aliphatic carbocycles. The van der Waals surface area contributed by atoms with Gasteiger partial charge in [-0.3, -0.25) is 28.8 Å². The van der Waals surface area contributed by atoms with E-state index in [1.165, 1.54) is 105 Å². The van der Waals surface area contributed by atoms with Crippen molar-refractivity contribution in [3.05, 3.63) is 256 Å². The van der Waals surface area contributed by atoms with E-state index in [1.54, 1.807) is 66.9 Å². The van der Waals surface area contributed by atoms with E-state index in [1.807, 2.05) is 105 Å². The van der Waals surface area contributed by atoms with Gasteiger partial charge in [-0.1, -0.05) is 57.2 Å². The van der Waals surface area contributed by atoms with E-state index in [4.69, 9.17) is 14.2 Å². The third-order valence-corrected chi connectivity index (χ3v) is 34.2. The van der Waals surface area contributed by atoms with Crippen LogP contribution in [0.4, 0.5) is 30.0 Å². The number of hydrogen-bond acceptors (Lipinski definition) is 25. The minimum Gasteiger partial charge on any atom is -0.478 e. The Morgan fingerprint density at radius 1 is 0.314 bits per heavy atom. The highest BCUT2D eigenvalue weighted by Gasteiger charge is 2.34. The maximum Gasteiger partial charge on any atom is 0.341 e. The summed E-state index contributed by atoms with van der Waals surface area (Å²) >= 11 is 15.0. The van der Waals surface area contributed by atoms with Gasteiger partial charge in [0.25, 0.3) is 11.8 Å². The summed E-state index contributed by atoms with van der Waals surface area (Å²) < 4.78 is 15.6. The monoisotopic (exact) mass is 2040 g/mol. The van der Waals surface area contributed by atoms with E-state index in [-0.39, 0.29) is 65.3 Å². The molecule has 0 saturated heterocycles. The fourth-order valence-corrected chi connectivity index (χ4v) is 27.6. The number of carbonyl (C=O) groups is 12. The Balaban J connectivity index is 0.000000139. The zero-order chi connectivity index (χ0) is 97.2. The second-order valence-corrected chi connectivity index (χ2v) is 43.9. The van der Waals surface area contributed by atoms with Gasteiger partial charge in [-0.25, -0.2) is 28.8 Å². The number of rotatable bonds is 27. The molecule has 0 unspecified atom stereocenters. The van der Waals surface area contributed by atoms with Crippen molar-refractivity contribution in [2.45, 2.75) is 234 Å². The molecule has 34 heteroatoms. The summed E-state index contributed by atoms with van der Waals surface area (Å²) in [5.41, 5.74) is 14.0. The second kappa shape index (κ2) is 50.6. The number of ether oxygens (including phenoxy) is 3. The molecule has 0 radical (unpaired) electrons. The van der Waals surface area contributed by atoms with Crippen LogP contribution in [0.25, 0.3) is 0 Å². The van der Waals surface area contributed by atoms with E-state index < -0.39 is 17.9 Å². The van der Waals surface area contributed by atoms with Gasteiger partial charge in [0.05, 0.1) is 78.9 Å². The summed E-state index contributed by atoms with van der Waals surface area (Å²) in [6.45, 7) is 12.7. The third-order valence-electron chi connectivity index (χ3n) is 23.8. The molecule has 24 nitrogen and oxygen atoms in total. The summed E-state index contributed by atoms with van der Waals surface area (Å²) in [7, 11) is 0. The molecule has 6 amide bonds. The number of esters is 3. The Morgan fingerprint density at radius 3 is 0.847 bits per heavy atom. The predicted octanol–water partition coefficient (Wildman–Crippen LogP) is 24.5. The summed E-state index contributed by atoms with van der Waals surface area (Å²) in [6.07, 6.45) is 25.8. The van der Waals surface area contributed by atoms with Crippen LogP contribution in [-0.2, 0) is 143 Å². The Kier molecular flexibility index (Phi) is 38.2. The third kappa shape index (κ3) is 27.6. The number of aromatic carboxylic acids is 3. The van der Waals surface area contributed by atoms with E-state index >= 15 is 0 Å². The van der Waals surface area contributed by atoms with Crippen LogP contribution in [0.2, 0.25) is 0 Å². The molecule has 0 saturated carbocycles. The lowest BCUT2D eigenvalue weighted by Gasteiger charge is -2.12. The zero-order valence-corrected chi connectivity index (χ0v) is 85.5. The van der Waals surface area contributed by atoms with Gasteiger partial charge in [-0.2, -0.15) is 22.7 Å². The smallest absolute Gasteiger partial charge is 0.341 e. The molecule has 137 heavy (non-hydrogen) atoms. The maximum atomic E-state index is 12.6. The Morgan fingerprint density at radius 2 is 0.584 bits per heavy atom. The van der Waals surface area contributed by atoms with Gasteiger partial charge in [-0.15, -0.1) is 90.7 Å². The first-order chi connectivity index (χ1) is 66.3. The SMILES string of the molecule is CC(C)c1ccc(C(=O)Nc2sc3c(c2C(=O)O)CCCC3)cc1.CCOC(=O)c1c(NC(=O)Cc2cccs2)sc2c1CCCC2.CCOC(=O)c1c(NC(=O)Cc2ccsc2)sc2c1CCCC2.CCOC(=O)c1c(NC(=O)c2ccc(CC)cc2)sc2c1CCCC2.O=C(Cc1cccs1)Nc1sc2c(c1C(=O)O)CCCC2.O=C(Cc1ccsc1)Nc1sc2c(c1C(=O)O)CCCC2. The van der Waals surface area contributed by atoms with E-state index in [9.17, 15) is 72.9 Å². The predicted molar refractivity (Wildman–Crippen MR) is 553 cm³/mol. The Hall–Kier alpha value is -10.9. The van der Waals surface area contributed by atoms with E-state index in [0.717, 1.165) is 229 Å². The minimum atomic E-state index is -0.958. The van der Waals surface area contributed by atoms with Crippen LogP contribution < -0.4 is 31.9 Å². The van der Waals surface area contributed by atoms with Crippen LogP contribution in [0.1, 0.15) is 302 Å². The molecule has 18 rings (SSSR count). The van der Waals surface area contributed by atoms with Crippen molar-refractivity contribution in [2.75, 3.05) is 51.7 Å². The first-order valence-electron chi connectivity index (χ1n) is 46.4. The van der Waals surface area contributed by atoms with Crippen molar-refractivity contribution in [3.8, 4) is 0 Å². The van der Waals surface area contributed by atoms with Crippen molar-refractivity contribution in [1.82, 2.24) is 0 Å². The average molecular weight is 2040 g/mol. The molecule has 6 aliphatic rings. The van der Waals surface area contributed by atoms with Crippen LogP contribution in [0.15, 0.2) is 117 Å². The summed E-state index contributed by atoms with van der Waals surface area (Å²) in [5, 5.41) is 60.6. The number of nitrogens with one attached hydrogen (secondary N) is 6. The lowest BCUT2D eigenvalue weighted by molar-refractivity contribution is -0.116. The number of carboxylic acid groups (broad SMARTS) is 3. The first kappa shape index (κ1) is 103. The van der Waals surface area contributed by atoms with Crippen molar-refractivity contribution in [3.63, 3.8) is 0 Å². The molecule has 0 atom stereocenters. The Bertz CT molecular complexity index is 6000. The molecule has 10 heterocycles. The summed E-state index contributed by atoms with van der Waals surface area (Å²) in [6, 6.07) is 26.6. The van der Waals surface area contributed by atoms with Gasteiger partial charge in [-0.05, 0) is 324 Å². The van der Waals surface area contributed by atoms with Crippen molar-refractivity contribution in [2.24, 2.45) is 0 Å². The number of carbonyl (C=O) groups excluding carboxylic acids is 9. The molecule has 9 N–H and O–H groups in total. The highest BCUT2D eigenvalue weighted by molar-refractivity contribution is 7.19. The molecule has 0 bridgehead atoms. The Labute approximate surface area is 836 Å². The van der Waals surface area contributed by atoms with Gasteiger partial charge >= 0.3 is 35.8 Å². The van der Waals surface area contributed by atoms with Crippen molar-refractivity contribution >= 4 is 215 Å². The molecular formula is C103H112N6O18S10. The van der Waals surface area contributed by atoms with Gasteiger partial charge in [0.15, 0.2) is 0 Å². The highest BCUT2D eigenvalue weighted by Crippen LogP contribution is 2.45. The fraction of sp³-hybridized carbons (Fsp3) is 0.379. The van der Waals surface area contributed by atoms with E-state index in [2.05, 4.69) is 52.7 Å². The molecule has 0 aliphatic heterocycles. The molecule has 0 spiro atoms. The fourth-order valence-electron chi connectivity index (χ4n) is 17.1. The minimum absolute atomic E-state index is 0.0865. The molecular weight excluding hydrogens is 1930 g/mol. The standard InChI is InChI=1S/C20H23NO3S.C19H21NO3S.2C17H19NO3S2.2C15H15NO3S2/c1-3-13-9-11-14(12-10-13)18(22)21-19-17(20(23)24-4-2)15-7-5-6-8-16(15)25-19;1-11(2)12-7-9-13(10-8-12)17(21)20-18-16(19(22)23)14-5-3-4-6-15(14)24-18;1-2-21-17(20)15-12-7-3-4-8-13(12)23-16(15)18-14(19)10-11-6-5-9-22-11;1-2-21-17(20)15-12-5-3-4-6-13(12)23-16(15)18-14(19)9-11-7-8-22-10-11;17-12(8-9-4-3-7-20-9)16-14-13(15(18)19)10-5-1-2-6-11(10)21-14;17-12(7-9-5-6-20-8-9)16-14-13(15(18)19)10-3-1-2-4-11(10)21-14/h9-12H,3-8H2,1-2H3,(H,21,22);7-11H,3-6H2,1-2H3,(H,20,21)(H,22,23);5-6,9H,2-4,7-8,10H2,1H3,(H,18,19);7-8,10H,2-6,9H2,1H3,(H,18,19);3-4,7H,1-2,5-6,8H2,(H,16,17)(H,18,19);5-6,8H,1-4,7H2,(H,16,17)(H,18,19). The summed E-state index contributed by atoms with van der Waals surface area (Å²) in [4.78, 5) is 155. The topological polar surface area (TPSA) is 365 Å². The molecule has 722 valence electrons. The number of anilines is 6. The quantitative estimate of drug-likeness (QED) is 0.0171. The van der Waals surface area contributed by atoms with E-state index in [0.29, 0.717) is 114 Å². The van der Waals surface area contributed by atoms with Crippen LogP contribution >= 0.6 is 113 Å². The zero-order valence-electron chi connectivity index (χ0n) is 77.3. The molecule has 12 aromatic rings. The lowest BCUT2D eigenvalue weighted by Crippen LogP contribution is -2.17. The number of fused-ring (bicyclic) bond motifs is 6. The van der Waals surface area contributed by atoms with Crippen LogP contribution in [0.5, 0.6) is 0 Å². The molecule has 10 aromatic heterocycles. The van der Waals surface area contributed by atoms with Crippen LogP contribution in [0.3, 0.4) is 0 Å². The number of carboxylic acids is 3. The number of hydrogen-bond donors (Lipinski definition) is 9. The maximum absolute atomic E-state index is 12.6. The lowest BCUT2D eigenvalue weighted by atomic mass is 9.95. The molecule has 2 aromatic carbocycles.